The maximum Gasteiger partial charge on any atom is 0.116 e. The van der Waals surface area contributed by atoms with Gasteiger partial charge in [0, 0.05) is 23.6 Å². The Morgan fingerprint density at radius 3 is 2.78 bits per heavy atom. The number of phenols is 1. The highest BCUT2D eigenvalue weighted by Crippen LogP contribution is 2.23. The highest BCUT2D eigenvalue weighted by Gasteiger charge is 2.12. The monoisotopic (exact) mass is 266 g/mol. The standard InChI is InChI=1S/C14H18N2O.ClH/c17-12-3-4-14-13(9-12)11(10-15-14)5-8-16-6-1-2-7-16;/h3-4,9-10,15,17H,1-2,5-8H2;1H. The van der Waals surface area contributed by atoms with Crippen molar-refractivity contribution in [3.63, 3.8) is 0 Å². The van der Waals surface area contributed by atoms with Crippen LogP contribution in [0.15, 0.2) is 24.4 Å². The lowest BCUT2D eigenvalue weighted by Crippen LogP contribution is -2.21. The van der Waals surface area contributed by atoms with Crippen LogP contribution in [0.4, 0.5) is 0 Å². The zero-order chi connectivity index (χ0) is 11.7. The maximum atomic E-state index is 9.53. The van der Waals surface area contributed by atoms with Crippen molar-refractivity contribution in [2.45, 2.75) is 19.3 Å². The van der Waals surface area contributed by atoms with Gasteiger partial charge in [-0.1, -0.05) is 0 Å². The van der Waals surface area contributed by atoms with Crippen LogP contribution in [0, 0.1) is 0 Å². The summed E-state index contributed by atoms with van der Waals surface area (Å²) in [6, 6.07) is 5.51. The summed E-state index contributed by atoms with van der Waals surface area (Å²) in [5, 5.41) is 10.7. The zero-order valence-electron chi connectivity index (χ0n) is 10.4. The van der Waals surface area contributed by atoms with E-state index in [4.69, 9.17) is 0 Å². The molecule has 1 aromatic carbocycles. The Labute approximate surface area is 113 Å². The van der Waals surface area contributed by atoms with E-state index < -0.39 is 0 Å². The molecule has 0 unspecified atom stereocenters. The Morgan fingerprint density at radius 1 is 1.22 bits per heavy atom. The number of benzene rings is 1. The molecule has 2 aromatic rings. The predicted molar refractivity (Wildman–Crippen MR) is 76.6 cm³/mol. The lowest BCUT2D eigenvalue weighted by molar-refractivity contribution is 0.344. The van der Waals surface area contributed by atoms with Crippen LogP contribution in [-0.2, 0) is 6.42 Å². The summed E-state index contributed by atoms with van der Waals surface area (Å²) >= 11 is 0. The minimum absolute atomic E-state index is 0. The quantitative estimate of drug-likeness (QED) is 0.897. The second-order valence-electron chi connectivity index (χ2n) is 4.84. The van der Waals surface area contributed by atoms with Crippen molar-refractivity contribution in [1.29, 1.82) is 0 Å². The fourth-order valence-electron chi connectivity index (χ4n) is 2.66. The second kappa shape index (κ2) is 5.63. The number of nitrogens with one attached hydrogen (secondary N) is 1. The highest BCUT2D eigenvalue weighted by atomic mass is 35.5. The van der Waals surface area contributed by atoms with Gasteiger partial charge in [-0.15, -0.1) is 12.4 Å². The molecule has 0 saturated carbocycles. The minimum atomic E-state index is 0. The van der Waals surface area contributed by atoms with E-state index in [-0.39, 0.29) is 12.4 Å². The van der Waals surface area contributed by atoms with Crippen LogP contribution in [0.25, 0.3) is 10.9 Å². The van der Waals surface area contributed by atoms with E-state index in [0.29, 0.717) is 5.75 Å². The number of nitrogens with zero attached hydrogens (tertiary/aromatic N) is 1. The van der Waals surface area contributed by atoms with E-state index in [1.807, 2.05) is 12.1 Å². The molecule has 98 valence electrons. The Hall–Kier alpha value is -1.19. The summed E-state index contributed by atoms with van der Waals surface area (Å²) in [7, 11) is 0. The number of fused-ring (bicyclic) bond motifs is 1. The number of rotatable bonds is 3. The number of hydrogen-bond donors (Lipinski definition) is 2. The third kappa shape index (κ3) is 2.62. The summed E-state index contributed by atoms with van der Waals surface area (Å²) in [5.41, 5.74) is 2.42. The molecule has 0 spiro atoms. The van der Waals surface area contributed by atoms with Gasteiger partial charge in [0.15, 0.2) is 0 Å². The summed E-state index contributed by atoms with van der Waals surface area (Å²) < 4.78 is 0. The van der Waals surface area contributed by atoms with Gasteiger partial charge in [0.25, 0.3) is 0 Å². The summed E-state index contributed by atoms with van der Waals surface area (Å²) in [5.74, 6) is 0.347. The molecule has 1 aliphatic heterocycles. The first-order valence-electron chi connectivity index (χ1n) is 6.34. The Morgan fingerprint density at radius 2 is 2.00 bits per heavy atom. The van der Waals surface area contributed by atoms with Gasteiger partial charge >= 0.3 is 0 Å². The third-order valence-corrected chi connectivity index (χ3v) is 3.65. The first-order valence-corrected chi connectivity index (χ1v) is 6.34. The molecule has 0 atom stereocenters. The van der Waals surface area contributed by atoms with Crippen molar-refractivity contribution in [1.82, 2.24) is 9.88 Å². The molecule has 1 aliphatic rings. The van der Waals surface area contributed by atoms with E-state index in [9.17, 15) is 5.11 Å². The fraction of sp³-hybridized carbons (Fsp3) is 0.429. The molecule has 0 aliphatic carbocycles. The number of hydrogen-bond acceptors (Lipinski definition) is 2. The lowest BCUT2D eigenvalue weighted by atomic mass is 10.1. The molecule has 3 rings (SSSR count). The van der Waals surface area contributed by atoms with Gasteiger partial charge in [0.2, 0.25) is 0 Å². The van der Waals surface area contributed by atoms with Gasteiger partial charge in [-0.25, -0.2) is 0 Å². The smallest absolute Gasteiger partial charge is 0.116 e. The van der Waals surface area contributed by atoms with Crippen molar-refractivity contribution >= 4 is 23.3 Å². The summed E-state index contributed by atoms with van der Waals surface area (Å²) in [6.07, 6.45) is 5.81. The van der Waals surface area contributed by atoms with E-state index >= 15 is 0 Å². The van der Waals surface area contributed by atoms with Crippen molar-refractivity contribution in [2.75, 3.05) is 19.6 Å². The molecule has 4 heteroatoms. The van der Waals surface area contributed by atoms with Crippen LogP contribution in [-0.4, -0.2) is 34.6 Å². The maximum absolute atomic E-state index is 9.53. The molecule has 1 aromatic heterocycles. The first-order chi connectivity index (χ1) is 8.33. The van der Waals surface area contributed by atoms with Crippen LogP contribution in [0.1, 0.15) is 18.4 Å². The van der Waals surface area contributed by atoms with Crippen LogP contribution < -0.4 is 0 Å². The van der Waals surface area contributed by atoms with Crippen LogP contribution >= 0.6 is 12.4 Å². The SMILES string of the molecule is Cl.Oc1ccc2[nH]cc(CCN3CCCC3)c2c1. The number of likely N-dealkylation sites (tertiary alicyclic amines) is 1. The third-order valence-electron chi connectivity index (χ3n) is 3.65. The Balaban J connectivity index is 0.00000120. The molecule has 18 heavy (non-hydrogen) atoms. The normalized spacial score (nSPS) is 16.0. The van der Waals surface area contributed by atoms with Crippen LogP contribution in [0.2, 0.25) is 0 Å². The molecule has 1 saturated heterocycles. The fourth-order valence-corrected chi connectivity index (χ4v) is 2.66. The van der Waals surface area contributed by atoms with E-state index in [0.717, 1.165) is 23.9 Å². The number of phenolic OH excluding ortho intramolecular Hbond substituents is 1. The molecule has 2 heterocycles. The minimum Gasteiger partial charge on any atom is -0.508 e. The van der Waals surface area contributed by atoms with Gasteiger partial charge in [0.1, 0.15) is 5.75 Å². The number of aromatic hydroxyl groups is 1. The molecule has 1 fully saturated rings. The number of H-pyrrole nitrogens is 1. The second-order valence-corrected chi connectivity index (χ2v) is 4.84. The molecule has 0 bridgehead atoms. The number of halogens is 1. The lowest BCUT2D eigenvalue weighted by Gasteiger charge is -2.13. The zero-order valence-corrected chi connectivity index (χ0v) is 11.2. The van der Waals surface area contributed by atoms with E-state index in [1.165, 1.54) is 31.5 Å². The molecule has 3 nitrogen and oxygen atoms in total. The first kappa shape index (κ1) is 13.2. The van der Waals surface area contributed by atoms with Crippen molar-refractivity contribution < 1.29 is 5.11 Å². The van der Waals surface area contributed by atoms with Gasteiger partial charge in [-0.3, -0.25) is 0 Å². The molecule has 2 N–H and O–H groups in total. The largest absolute Gasteiger partial charge is 0.508 e. The average Bonchev–Trinajstić information content (AvgIpc) is 2.94. The number of aromatic nitrogens is 1. The molecule has 0 amide bonds. The highest BCUT2D eigenvalue weighted by molar-refractivity contribution is 5.85. The predicted octanol–water partition coefficient (Wildman–Crippen LogP) is 2.93. The van der Waals surface area contributed by atoms with Gasteiger partial charge in [-0.05, 0) is 56.1 Å². The van der Waals surface area contributed by atoms with Gasteiger partial charge in [0.05, 0.1) is 0 Å². The van der Waals surface area contributed by atoms with E-state index in [1.54, 1.807) is 6.07 Å². The summed E-state index contributed by atoms with van der Waals surface area (Å²) in [4.78, 5) is 5.78. The van der Waals surface area contributed by atoms with Crippen molar-refractivity contribution in [2.24, 2.45) is 0 Å². The van der Waals surface area contributed by atoms with Crippen LogP contribution in [0.3, 0.4) is 0 Å². The van der Waals surface area contributed by atoms with E-state index in [2.05, 4.69) is 16.1 Å². The van der Waals surface area contributed by atoms with Crippen molar-refractivity contribution in [3.8, 4) is 5.75 Å². The Bertz CT molecular complexity index is 517. The van der Waals surface area contributed by atoms with Gasteiger partial charge < -0.3 is 15.0 Å². The topological polar surface area (TPSA) is 39.3 Å². The Kier molecular flexibility index (Phi) is 4.15. The summed E-state index contributed by atoms with van der Waals surface area (Å²) in [6.45, 7) is 3.61. The average molecular weight is 267 g/mol. The van der Waals surface area contributed by atoms with Crippen LogP contribution in [0.5, 0.6) is 5.75 Å². The molecular formula is C14H19ClN2O. The van der Waals surface area contributed by atoms with Crippen molar-refractivity contribution in [3.05, 3.63) is 30.0 Å². The van der Waals surface area contributed by atoms with Gasteiger partial charge in [-0.2, -0.15) is 0 Å². The number of aromatic amines is 1. The molecular weight excluding hydrogens is 248 g/mol. The molecule has 0 radical (unpaired) electrons.